The molecular weight excluding hydrogens is 753 g/mol. The second-order valence-electron chi connectivity index (χ2n) is 28.7. The molecule has 0 radical (unpaired) electrons. The molecule has 0 atom stereocenters. The van der Waals surface area contributed by atoms with Crippen molar-refractivity contribution < 1.29 is 25.4 Å². The van der Waals surface area contributed by atoms with E-state index < -0.39 is 11.1 Å². The first-order valence-electron chi connectivity index (χ1n) is 23.4. The van der Waals surface area contributed by atoms with Crippen LogP contribution < -0.4 is 18.9 Å². The van der Waals surface area contributed by atoms with E-state index in [-0.39, 0.29) is 37.6 Å². The van der Waals surface area contributed by atoms with E-state index in [0.717, 1.165) is 25.7 Å². The predicted octanol–water partition coefficient (Wildman–Crippen LogP) is 14.5. The van der Waals surface area contributed by atoms with Crippen LogP contribution in [0.2, 0.25) is 0 Å². The van der Waals surface area contributed by atoms with Gasteiger partial charge in [0, 0.05) is 4.91 Å². The fraction of sp³-hybridized carbons (Fsp3) is 0.855. The molecule has 0 spiro atoms. The maximum Gasteiger partial charge on any atom is 1.00 e. The van der Waals surface area contributed by atoms with Crippen LogP contribution in [0.5, 0.6) is 0 Å². The van der Waals surface area contributed by atoms with E-state index in [4.69, 9.17) is 5.53 Å². The van der Waals surface area contributed by atoms with Gasteiger partial charge in [-0.1, -0.05) is 197 Å². The second kappa shape index (κ2) is 22.2. The van der Waals surface area contributed by atoms with Gasteiger partial charge in [-0.2, -0.15) is 0 Å². The first-order chi connectivity index (χ1) is 25.9. The number of nitrogens with zero attached hydrogens (tertiary/aromatic N) is 3. The summed E-state index contributed by atoms with van der Waals surface area (Å²) in [4.78, 5) is 2.93. The summed E-state index contributed by atoms with van der Waals surface area (Å²) in [5.74, 6) is 0. The van der Waals surface area contributed by atoms with E-state index in [1.54, 1.807) is 11.1 Å². The summed E-state index contributed by atoms with van der Waals surface area (Å²) < 4.78 is 0. The van der Waals surface area contributed by atoms with E-state index in [2.05, 4.69) is 173 Å². The summed E-state index contributed by atoms with van der Waals surface area (Å²) in [6.45, 7) is 54.5. The van der Waals surface area contributed by atoms with Gasteiger partial charge in [-0.15, -0.1) is 0 Å². The largest absolute Gasteiger partial charge is 1.00 e. The topological polar surface area (TPSA) is 69.0 Å². The van der Waals surface area contributed by atoms with Gasteiger partial charge in [-0.05, 0) is 152 Å². The van der Waals surface area contributed by atoms with Gasteiger partial charge in [0.05, 0.1) is 11.1 Å². The van der Waals surface area contributed by atoms with Crippen LogP contribution in [0, 0.1) is 48.7 Å². The van der Waals surface area contributed by atoms with Gasteiger partial charge in [-0.3, -0.25) is 0 Å². The van der Waals surface area contributed by atoms with Crippen molar-refractivity contribution in [2.75, 3.05) is 0 Å². The third kappa shape index (κ3) is 27.4. The summed E-state index contributed by atoms with van der Waals surface area (Å²) in [7, 11) is 0. The number of allylic oxidation sites excluding steroid dienone is 6. The Kier molecular flexibility index (Phi) is 22.8. The average molecular weight is 858 g/mol. The van der Waals surface area contributed by atoms with Crippen LogP contribution >= 0.6 is 0 Å². The number of hydrogen-bond donors (Lipinski definition) is 1. The van der Waals surface area contributed by atoms with Crippen molar-refractivity contribution in [3.63, 3.8) is 0 Å². The van der Waals surface area contributed by atoms with E-state index >= 15 is 0 Å². The normalized spacial score (nSPS) is 24.0. The molecule has 0 saturated heterocycles. The van der Waals surface area contributed by atoms with Crippen LogP contribution in [0.3, 0.4) is 0 Å². The van der Waals surface area contributed by atoms with E-state index in [1.165, 1.54) is 62.5 Å². The summed E-state index contributed by atoms with van der Waals surface area (Å²) in [6.07, 6.45) is 23.9. The van der Waals surface area contributed by atoms with Crippen molar-refractivity contribution in [1.29, 1.82) is 0 Å². The van der Waals surface area contributed by atoms with E-state index in [9.17, 15) is 5.11 Å². The Morgan fingerprint density at radius 3 is 0.918 bits per heavy atom. The summed E-state index contributed by atoms with van der Waals surface area (Å²) in [6, 6.07) is 0. The zero-order valence-electron chi connectivity index (χ0n) is 46.1. The van der Waals surface area contributed by atoms with Crippen molar-refractivity contribution in [1.82, 2.24) is 0 Å². The van der Waals surface area contributed by atoms with Crippen LogP contribution in [0.15, 0.2) is 51.7 Å². The Morgan fingerprint density at radius 2 is 0.705 bits per heavy atom. The van der Waals surface area contributed by atoms with Gasteiger partial charge in [0.15, 0.2) is 17.4 Å². The van der Waals surface area contributed by atoms with Gasteiger partial charge in [0.25, 0.3) is 0 Å². The van der Waals surface area contributed by atoms with Crippen LogP contribution in [-0.2, 0) is 0 Å². The Morgan fingerprint density at radius 1 is 0.475 bits per heavy atom. The molecule has 0 aromatic rings. The zero-order valence-corrected chi connectivity index (χ0v) is 45.1. The number of azide groups is 1. The van der Waals surface area contributed by atoms with Crippen LogP contribution in [-0.4, -0.2) is 33.6 Å². The zero-order chi connectivity index (χ0) is 46.5. The smallest absolute Gasteiger partial charge is 1.00 e. The Bertz CT molecular complexity index is 1450. The van der Waals surface area contributed by atoms with E-state index in [0.29, 0.717) is 48.7 Å². The SMILES string of the molecule is CC(C)(C)C=C1CC(C)(C)CC(C)(C)C1.CC(C)(O)C=C1CC(C)(C)CC(C)(C)C1.CC1(C)CC(=CC(C)(C)N=[N+]=[N-])CC(C)(C)C1.CC=C1CC(C)(C)CC(C)(C)C1.[AlH3].[H-].[Li+]. The van der Waals surface area contributed by atoms with Crippen LogP contribution in [0.4, 0.5) is 0 Å². The molecule has 4 fully saturated rings. The third-order valence-corrected chi connectivity index (χ3v) is 11.9. The van der Waals surface area contributed by atoms with Gasteiger partial charge in [-0.25, -0.2) is 0 Å². The van der Waals surface area contributed by atoms with Crippen molar-refractivity contribution in [2.45, 2.75) is 254 Å². The molecule has 4 saturated carbocycles. The standard InChI is InChI=1S/C15H28.C14H25N3.C14H26O.C12H22.Al.Li.4H/c1-13(2,3)8-12-9-14(4,5)11-15(6,7)10-12;1-12(2)7-11(8-13(3,4)10-12)9-14(5,6)16-17-15;1-12(2)7-11(9-14(5,6)15)8-13(3,4)10-12;1-6-10-7-11(2,3)9-12(4,5)8-10;;;;;;/h8H,9-11H2,1-7H3;9H,7-8,10H2,1-6H3;9,15H,7-8,10H2,1-6H3;6H,7-9H2,1-5H3;;;;;;/q;;;;;+1;;;;-1. The van der Waals surface area contributed by atoms with Gasteiger partial charge < -0.3 is 6.53 Å². The molecule has 0 aliphatic heterocycles. The molecule has 0 heterocycles. The minimum absolute atomic E-state index is 0. The number of rotatable bonds is 3. The van der Waals surface area contributed by atoms with Crippen molar-refractivity contribution in [3.05, 3.63) is 57.0 Å². The molecule has 0 aromatic carbocycles. The third-order valence-electron chi connectivity index (χ3n) is 11.9. The molecule has 0 aromatic heterocycles. The molecule has 4 aliphatic carbocycles. The quantitative estimate of drug-likeness (QED) is 0.0992. The maximum atomic E-state index is 9.83. The molecule has 0 amide bonds. The molecule has 0 bridgehead atoms. The molecular formula is C55H105AlLiN3O. The first-order valence-corrected chi connectivity index (χ1v) is 23.4. The summed E-state index contributed by atoms with van der Waals surface area (Å²) in [5, 5.41) is 13.7. The molecule has 4 nitrogen and oxygen atoms in total. The fourth-order valence-corrected chi connectivity index (χ4v) is 13.1. The fourth-order valence-electron chi connectivity index (χ4n) is 13.1. The molecule has 1 N–H and O–H groups in total. The maximum absolute atomic E-state index is 9.83. The van der Waals surface area contributed by atoms with Crippen molar-refractivity contribution in [2.24, 2.45) is 53.8 Å². The van der Waals surface area contributed by atoms with Crippen LogP contribution in [0.25, 0.3) is 10.4 Å². The predicted molar refractivity (Wildman–Crippen MR) is 274 cm³/mol. The monoisotopic (exact) mass is 858 g/mol. The molecule has 0 unspecified atom stereocenters. The van der Waals surface area contributed by atoms with Gasteiger partial charge >= 0.3 is 18.9 Å². The minimum atomic E-state index is -0.668. The number of aliphatic hydroxyl groups is 1. The Balaban J connectivity index is -0.000000741. The van der Waals surface area contributed by atoms with Gasteiger partial charge in [0.2, 0.25) is 0 Å². The summed E-state index contributed by atoms with van der Waals surface area (Å²) in [5.41, 5.74) is 17.4. The van der Waals surface area contributed by atoms with Crippen LogP contribution in [0.1, 0.15) is 245 Å². The van der Waals surface area contributed by atoms with E-state index in [1.807, 2.05) is 27.7 Å². The first kappa shape index (κ1) is 62.4. The Hall–Kier alpha value is -0.640. The Labute approximate surface area is 405 Å². The van der Waals surface area contributed by atoms with Crippen molar-refractivity contribution >= 4 is 17.4 Å². The van der Waals surface area contributed by atoms with Gasteiger partial charge in [0.1, 0.15) is 0 Å². The summed E-state index contributed by atoms with van der Waals surface area (Å²) >= 11 is 0. The molecule has 4 rings (SSSR count). The second-order valence-corrected chi connectivity index (χ2v) is 28.7. The average Bonchev–Trinajstić information content (AvgIpc) is 2.84. The molecule has 4 aliphatic rings. The number of hydrogen-bond acceptors (Lipinski definition) is 2. The molecule has 350 valence electrons. The minimum Gasteiger partial charge on any atom is -1.00 e. The van der Waals surface area contributed by atoms with Crippen molar-refractivity contribution in [3.8, 4) is 0 Å². The molecule has 61 heavy (non-hydrogen) atoms. The molecule has 6 heteroatoms.